The molecule has 3 rings (SSSR count). The summed E-state index contributed by atoms with van der Waals surface area (Å²) >= 11 is 6.06. The number of halogens is 3. The Balaban J connectivity index is 1.78. The van der Waals surface area contributed by atoms with E-state index in [2.05, 4.69) is 21.3 Å². The number of benzene rings is 1. The number of ketones is 1. The van der Waals surface area contributed by atoms with Gasteiger partial charge in [-0.3, -0.25) is 24.0 Å². The van der Waals surface area contributed by atoms with E-state index in [1.807, 2.05) is 0 Å². The lowest BCUT2D eigenvalue weighted by Crippen LogP contribution is -2.48. The molecule has 1 unspecified atom stereocenters. The molecule has 0 spiro atoms. The molecule has 2 fully saturated rings. The third-order valence-corrected chi connectivity index (χ3v) is 6.80. The van der Waals surface area contributed by atoms with Gasteiger partial charge in [0.05, 0.1) is 17.3 Å². The maximum absolute atomic E-state index is 13.5. The second-order valence-electron chi connectivity index (χ2n) is 9.36. The van der Waals surface area contributed by atoms with Gasteiger partial charge in [0.25, 0.3) is 11.8 Å². The van der Waals surface area contributed by atoms with E-state index in [-0.39, 0.29) is 47.5 Å². The largest absolute Gasteiger partial charge is 0.353 e. The first-order chi connectivity index (χ1) is 16.9. The molecule has 3 atom stereocenters. The molecule has 1 heterocycles. The molecule has 0 aromatic heterocycles. The molecule has 4 amide bonds. The summed E-state index contributed by atoms with van der Waals surface area (Å²) in [6, 6.07) is 2.71. The van der Waals surface area contributed by atoms with Crippen LogP contribution in [-0.2, 0) is 19.2 Å². The Labute approximate surface area is 212 Å². The lowest BCUT2D eigenvalue weighted by Gasteiger charge is -2.27. The number of hydrogen-bond acceptors (Lipinski definition) is 5. The third kappa shape index (κ3) is 6.77. The number of alkyl halides is 2. The number of nitrogens with one attached hydrogen (secondary N) is 4. The van der Waals surface area contributed by atoms with Gasteiger partial charge in [-0.25, -0.2) is 8.78 Å². The zero-order valence-electron chi connectivity index (χ0n) is 20.0. The standard InChI is InChI=1S/C24H29ClF2N4O5/c1-12-9-14(21(34)29-12)10-18(19(32)23(36)28-2)31-22(35)16-11-15(25)3-4-17(16)30-20(33)13-5-7-24(26,27)8-6-13/h3-4,11-14,18H,5-10H2,1-2H3,(H,28,36)(H,29,34)(H,30,33)(H,31,35)/t12-,14+,18?/m1/s1. The number of hydrogen-bond donors (Lipinski definition) is 4. The Morgan fingerprint density at radius 1 is 1.19 bits per heavy atom. The van der Waals surface area contributed by atoms with Crippen molar-refractivity contribution in [2.75, 3.05) is 12.4 Å². The van der Waals surface area contributed by atoms with Gasteiger partial charge in [0, 0.05) is 42.8 Å². The third-order valence-electron chi connectivity index (χ3n) is 6.56. The molecular weight excluding hydrogens is 498 g/mol. The number of carbonyl (C=O) groups is 5. The Hall–Kier alpha value is -3.08. The van der Waals surface area contributed by atoms with Gasteiger partial charge >= 0.3 is 0 Å². The molecule has 196 valence electrons. The van der Waals surface area contributed by atoms with Gasteiger partial charge < -0.3 is 21.3 Å². The molecule has 1 saturated heterocycles. The molecule has 1 aromatic rings. The molecule has 1 aliphatic carbocycles. The minimum atomic E-state index is -2.79. The van der Waals surface area contributed by atoms with E-state index in [9.17, 15) is 32.8 Å². The van der Waals surface area contributed by atoms with Crippen molar-refractivity contribution in [2.45, 2.75) is 63.5 Å². The van der Waals surface area contributed by atoms with E-state index in [4.69, 9.17) is 11.6 Å². The second kappa shape index (κ2) is 11.3. The number of carbonyl (C=O) groups excluding carboxylic acids is 5. The van der Waals surface area contributed by atoms with Crippen molar-refractivity contribution in [3.8, 4) is 0 Å². The number of likely N-dealkylation sites (N-methyl/N-ethyl adjacent to an activating group) is 1. The highest BCUT2D eigenvalue weighted by molar-refractivity contribution is 6.38. The van der Waals surface area contributed by atoms with Gasteiger partial charge in [-0.1, -0.05) is 11.6 Å². The summed E-state index contributed by atoms with van der Waals surface area (Å²) in [5.41, 5.74) is 0.00791. The Morgan fingerprint density at radius 3 is 2.44 bits per heavy atom. The fraction of sp³-hybridized carbons (Fsp3) is 0.542. The van der Waals surface area contributed by atoms with Crippen LogP contribution in [0, 0.1) is 11.8 Å². The van der Waals surface area contributed by atoms with E-state index >= 15 is 0 Å². The molecule has 12 heteroatoms. The van der Waals surface area contributed by atoms with Crippen LogP contribution in [0.4, 0.5) is 14.5 Å². The molecule has 2 aliphatic rings. The zero-order chi connectivity index (χ0) is 26.6. The quantitative estimate of drug-likeness (QED) is 0.386. The fourth-order valence-corrected chi connectivity index (χ4v) is 4.71. The number of anilines is 1. The van der Waals surface area contributed by atoms with Crippen molar-refractivity contribution >= 4 is 46.7 Å². The average molecular weight is 527 g/mol. The second-order valence-corrected chi connectivity index (χ2v) is 9.79. The van der Waals surface area contributed by atoms with Crippen LogP contribution in [0.3, 0.4) is 0 Å². The normalized spacial score (nSPS) is 22.3. The van der Waals surface area contributed by atoms with Crippen molar-refractivity contribution in [1.29, 1.82) is 0 Å². The lowest BCUT2D eigenvalue weighted by molar-refractivity contribution is -0.139. The smallest absolute Gasteiger partial charge is 0.289 e. The summed E-state index contributed by atoms with van der Waals surface area (Å²) in [7, 11) is 1.27. The van der Waals surface area contributed by atoms with E-state index < -0.39 is 60.1 Å². The van der Waals surface area contributed by atoms with Crippen LogP contribution in [-0.4, -0.2) is 54.5 Å². The Kier molecular flexibility index (Phi) is 8.65. The predicted octanol–water partition coefficient (Wildman–Crippen LogP) is 2.43. The van der Waals surface area contributed by atoms with Crippen LogP contribution in [0.5, 0.6) is 0 Å². The predicted molar refractivity (Wildman–Crippen MR) is 128 cm³/mol. The first kappa shape index (κ1) is 27.5. The van der Waals surface area contributed by atoms with Crippen LogP contribution < -0.4 is 21.3 Å². The maximum atomic E-state index is 13.5. The molecule has 1 saturated carbocycles. The molecule has 0 bridgehead atoms. The molecule has 1 aromatic carbocycles. The first-order valence-electron chi connectivity index (χ1n) is 11.8. The van der Waals surface area contributed by atoms with Crippen molar-refractivity contribution in [1.82, 2.24) is 16.0 Å². The van der Waals surface area contributed by atoms with Crippen LogP contribution in [0.1, 0.15) is 55.8 Å². The summed E-state index contributed by atoms with van der Waals surface area (Å²) in [6.45, 7) is 1.81. The molecule has 1 aliphatic heterocycles. The minimum Gasteiger partial charge on any atom is -0.353 e. The lowest BCUT2D eigenvalue weighted by atomic mass is 9.86. The van der Waals surface area contributed by atoms with Gasteiger partial charge in [0.1, 0.15) is 0 Å². The summed E-state index contributed by atoms with van der Waals surface area (Å²) in [5.74, 6) is -7.44. The van der Waals surface area contributed by atoms with Gasteiger partial charge in [-0.15, -0.1) is 0 Å². The van der Waals surface area contributed by atoms with Gasteiger partial charge in [0.2, 0.25) is 23.5 Å². The topological polar surface area (TPSA) is 133 Å². The highest BCUT2D eigenvalue weighted by Crippen LogP contribution is 2.36. The SMILES string of the molecule is CNC(=O)C(=O)C(C[C@@H]1C[C@@H](C)NC1=O)NC(=O)c1cc(Cl)ccc1NC(=O)C1CCC(F)(F)CC1. The van der Waals surface area contributed by atoms with Gasteiger partial charge in [-0.2, -0.15) is 0 Å². The summed E-state index contributed by atoms with van der Waals surface area (Å²) in [6.07, 6.45) is -0.416. The van der Waals surface area contributed by atoms with E-state index in [0.717, 1.165) is 0 Å². The van der Waals surface area contributed by atoms with Crippen molar-refractivity contribution in [3.63, 3.8) is 0 Å². The monoisotopic (exact) mass is 526 g/mol. The highest BCUT2D eigenvalue weighted by Gasteiger charge is 2.38. The molecular formula is C24H29ClF2N4O5. The average Bonchev–Trinajstić information content (AvgIpc) is 3.14. The van der Waals surface area contributed by atoms with Crippen molar-refractivity contribution < 1.29 is 32.8 Å². The van der Waals surface area contributed by atoms with Crippen LogP contribution in [0.2, 0.25) is 5.02 Å². The molecule has 9 nitrogen and oxygen atoms in total. The highest BCUT2D eigenvalue weighted by atomic mass is 35.5. The number of amides is 4. The zero-order valence-corrected chi connectivity index (χ0v) is 20.7. The Morgan fingerprint density at radius 2 is 1.86 bits per heavy atom. The molecule has 0 radical (unpaired) electrons. The fourth-order valence-electron chi connectivity index (χ4n) is 4.54. The number of rotatable bonds is 8. The van der Waals surface area contributed by atoms with E-state index in [1.165, 1.54) is 25.2 Å². The first-order valence-corrected chi connectivity index (χ1v) is 12.1. The van der Waals surface area contributed by atoms with Crippen molar-refractivity contribution in [3.05, 3.63) is 28.8 Å². The summed E-state index contributed by atoms with van der Waals surface area (Å²) < 4.78 is 26.9. The minimum absolute atomic E-state index is 0.0124. The van der Waals surface area contributed by atoms with Crippen LogP contribution in [0.15, 0.2) is 18.2 Å². The van der Waals surface area contributed by atoms with Gasteiger partial charge in [0.15, 0.2) is 0 Å². The van der Waals surface area contributed by atoms with Crippen LogP contribution in [0.25, 0.3) is 0 Å². The Bertz CT molecular complexity index is 1060. The van der Waals surface area contributed by atoms with Crippen LogP contribution >= 0.6 is 11.6 Å². The van der Waals surface area contributed by atoms with Gasteiger partial charge in [-0.05, 0) is 50.8 Å². The van der Waals surface area contributed by atoms with E-state index in [1.54, 1.807) is 6.92 Å². The molecule has 36 heavy (non-hydrogen) atoms. The number of Topliss-reactive ketones (excluding diaryl/α,β-unsaturated/α-hetero) is 1. The molecule has 4 N–H and O–H groups in total. The summed E-state index contributed by atoms with van der Waals surface area (Å²) in [5, 5.41) is 10.2. The van der Waals surface area contributed by atoms with Crippen molar-refractivity contribution in [2.24, 2.45) is 11.8 Å². The van der Waals surface area contributed by atoms with E-state index in [0.29, 0.717) is 6.42 Å². The maximum Gasteiger partial charge on any atom is 0.289 e. The summed E-state index contributed by atoms with van der Waals surface area (Å²) in [4.78, 5) is 62.8.